The summed E-state index contributed by atoms with van der Waals surface area (Å²) >= 11 is 0. The third-order valence-corrected chi connectivity index (χ3v) is 15.2. The van der Waals surface area contributed by atoms with Gasteiger partial charge in [0.25, 0.3) is 0 Å². The summed E-state index contributed by atoms with van der Waals surface area (Å²) in [6, 6.07) is 46.5. The Balaban J connectivity index is 0.000000192. The molecule has 4 nitrogen and oxygen atoms in total. The van der Waals surface area contributed by atoms with E-state index in [1.54, 1.807) is 6.07 Å². The molecule has 0 aliphatic heterocycles. The van der Waals surface area contributed by atoms with Crippen LogP contribution in [-0.4, -0.2) is 18.0 Å². The van der Waals surface area contributed by atoms with Crippen LogP contribution in [-0.2, 0) is 25.5 Å². The van der Waals surface area contributed by atoms with E-state index in [0.29, 0.717) is 28.9 Å². The molecule has 1 atom stereocenters. The van der Waals surface area contributed by atoms with Crippen molar-refractivity contribution in [3.05, 3.63) is 150 Å². The van der Waals surface area contributed by atoms with Gasteiger partial charge in [-0.05, 0) is 80.7 Å². The van der Waals surface area contributed by atoms with Gasteiger partial charge in [-0.25, -0.2) is 5.26 Å². The zero-order valence-corrected chi connectivity index (χ0v) is 40.1. The number of para-hydroxylation sites is 1. The zero-order chi connectivity index (χ0) is 42.2. The second-order valence-corrected chi connectivity index (χ2v) is 23.6. The van der Waals surface area contributed by atoms with Crippen LogP contribution < -0.4 is 5.19 Å². The molecule has 0 amide bonds. The first-order chi connectivity index (χ1) is 28.9. The van der Waals surface area contributed by atoms with Crippen molar-refractivity contribution < 1.29 is 24.5 Å². The summed E-state index contributed by atoms with van der Waals surface area (Å²) in [5.41, 5.74) is 10.8. The number of pyridine rings is 2. The molecule has 1 unspecified atom stereocenters. The topological polar surface area (TPSA) is 62.7 Å². The average molecular weight is 994 g/mol. The molecule has 0 spiro atoms. The summed E-state index contributed by atoms with van der Waals surface area (Å²) in [7, 11) is -1.44. The van der Waals surface area contributed by atoms with Gasteiger partial charge in [-0.1, -0.05) is 169 Å². The first-order valence-electron chi connectivity index (χ1n) is 21.6. The van der Waals surface area contributed by atoms with Gasteiger partial charge in [0, 0.05) is 49.5 Å². The molecule has 3 heterocycles. The zero-order valence-electron chi connectivity index (χ0n) is 36.7. The molecule has 1 fully saturated rings. The fourth-order valence-corrected chi connectivity index (χ4v) is 10.8. The molecular formula is C55H55IrN3OSi-2. The van der Waals surface area contributed by atoms with Gasteiger partial charge in [-0.2, -0.15) is 0 Å². The second kappa shape index (κ2) is 18.0. The molecule has 3 aromatic heterocycles. The Labute approximate surface area is 376 Å². The molecule has 1 aliphatic rings. The van der Waals surface area contributed by atoms with Crippen LogP contribution in [0.15, 0.2) is 126 Å². The number of hydrogen-bond acceptors (Lipinski definition) is 4. The van der Waals surface area contributed by atoms with Crippen molar-refractivity contribution in [2.24, 2.45) is 11.8 Å². The van der Waals surface area contributed by atoms with Crippen LogP contribution in [0.2, 0.25) is 19.6 Å². The van der Waals surface area contributed by atoms with E-state index in [4.69, 9.17) is 14.4 Å². The minimum Gasteiger partial charge on any atom is -0.500 e. The largest absolute Gasteiger partial charge is 0.500 e. The van der Waals surface area contributed by atoms with Crippen molar-refractivity contribution in [2.75, 3.05) is 0 Å². The predicted octanol–water partition coefficient (Wildman–Crippen LogP) is 14.5. The molecule has 0 N–H and O–H groups in total. The van der Waals surface area contributed by atoms with Crippen LogP contribution in [0.1, 0.15) is 82.9 Å². The van der Waals surface area contributed by atoms with Crippen LogP contribution >= 0.6 is 0 Å². The standard InChI is InChI=1S/C32H27N2O.C23H28NSi.Ir/c1-32(2,23-11-6-7-12-23)24-17-18-34-28(19-24)26-16-15-22(20-33)29-27-14-8-13-25(30(27)35-31(26)29)21-9-4-3-5-10-21;1-16(2)17(3)21-14-22(24-15-23(21)25(4,5)6)20-13-9-11-18-10-7-8-12-19(18)20;/h3-5,8-10,13-15,17-19,23H,6-7,11-12H2,1-2H3;7-12,14-17H,1-6H3;/q2*-1;. The second-order valence-electron chi connectivity index (χ2n) is 18.6. The van der Waals surface area contributed by atoms with Crippen LogP contribution in [0.5, 0.6) is 0 Å². The smallest absolute Gasteiger partial charge is 0.128 e. The Morgan fingerprint density at radius 2 is 1.49 bits per heavy atom. The summed E-state index contributed by atoms with van der Waals surface area (Å²) in [4.78, 5) is 9.60. The average Bonchev–Trinajstić information content (AvgIpc) is 3.96. The number of fused-ring (bicyclic) bond motifs is 4. The molecule has 6 heteroatoms. The third kappa shape index (κ3) is 8.67. The Morgan fingerprint density at radius 1 is 0.787 bits per heavy atom. The summed E-state index contributed by atoms with van der Waals surface area (Å²) in [5.74, 6) is 1.82. The fraction of sp³-hybridized carbons (Fsp3) is 0.291. The van der Waals surface area contributed by atoms with Crippen molar-refractivity contribution >= 4 is 46.0 Å². The molecule has 8 aromatic rings. The van der Waals surface area contributed by atoms with E-state index in [1.165, 1.54) is 52.8 Å². The van der Waals surface area contributed by atoms with E-state index in [0.717, 1.165) is 50.0 Å². The van der Waals surface area contributed by atoms with E-state index in [-0.39, 0.29) is 25.5 Å². The predicted molar refractivity (Wildman–Crippen MR) is 253 cm³/mol. The van der Waals surface area contributed by atoms with Gasteiger partial charge in [-0.3, -0.25) is 0 Å². The van der Waals surface area contributed by atoms with Crippen molar-refractivity contribution in [3.63, 3.8) is 0 Å². The minimum atomic E-state index is -1.44. The molecule has 311 valence electrons. The summed E-state index contributed by atoms with van der Waals surface area (Å²) < 4.78 is 6.57. The molecule has 0 bridgehead atoms. The van der Waals surface area contributed by atoms with Gasteiger partial charge in [-0.15, -0.1) is 41.3 Å². The number of furan rings is 1. The number of nitrogens with zero attached hydrogens (tertiary/aromatic N) is 3. The minimum absolute atomic E-state index is 0. The molecule has 1 radical (unpaired) electrons. The van der Waals surface area contributed by atoms with Crippen molar-refractivity contribution in [2.45, 2.75) is 91.3 Å². The van der Waals surface area contributed by atoms with Gasteiger partial charge in [0.1, 0.15) is 5.58 Å². The SMILES string of the molecule is CC(C)(c1ccnc(-c2[c-]cc(C#N)c3c2oc2c(-c4ccccc4)cccc23)c1)C1CCCC1.CC(C)C(C)c1cc(-c2[c-]ccc3ccccc23)ncc1[Si](C)(C)C.[Ir]. The maximum Gasteiger partial charge on any atom is 0.128 e. The Morgan fingerprint density at radius 3 is 2.21 bits per heavy atom. The Hall–Kier alpha value is -5.18. The molecule has 61 heavy (non-hydrogen) atoms. The van der Waals surface area contributed by atoms with Gasteiger partial charge < -0.3 is 14.4 Å². The maximum absolute atomic E-state index is 9.91. The van der Waals surface area contributed by atoms with Crippen molar-refractivity contribution in [1.82, 2.24) is 9.97 Å². The number of rotatable bonds is 8. The van der Waals surface area contributed by atoms with Crippen molar-refractivity contribution in [3.8, 4) is 39.7 Å². The normalized spacial score (nSPS) is 13.8. The van der Waals surface area contributed by atoms with E-state index < -0.39 is 8.07 Å². The molecule has 0 saturated heterocycles. The van der Waals surface area contributed by atoms with Crippen molar-refractivity contribution in [1.29, 1.82) is 5.26 Å². The first-order valence-corrected chi connectivity index (χ1v) is 25.1. The fourth-order valence-electron chi connectivity index (χ4n) is 9.16. The van der Waals surface area contributed by atoms with Crippen LogP contribution in [0, 0.1) is 35.3 Å². The van der Waals surface area contributed by atoms with E-state index in [1.807, 2.05) is 42.6 Å². The number of nitriles is 1. The maximum atomic E-state index is 9.91. The summed E-state index contributed by atoms with van der Waals surface area (Å²) in [6.45, 7) is 18.9. The first kappa shape index (κ1) is 43.9. The molecule has 1 aliphatic carbocycles. The number of hydrogen-bond donors (Lipinski definition) is 0. The van der Waals surface area contributed by atoms with Crippen LogP contribution in [0.25, 0.3) is 66.4 Å². The molecule has 1 saturated carbocycles. The van der Waals surface area contributed by atoms with Gasteiger partial charge in [0.15, 0.2) is 0 Å². The molecule has 5 aromatic carbocycles. The third-order valence-electron chi connectivity index (χ3n) is 13.1. The summed E-state index contributed by atoms with van der Waals surface area (Å²) in [6.07, 6.45) is 9.24. The Bertz CT molecular complexity index is 2850. The van der Waals surface area contributed by atoms with Crippen LogP contribution in [0.3, 0.4) is 0 Å². The van der Waals surface area contributed by atoms with Gasteiger partial charge in [0.2, 0.25) is 0 Å². The monoisotopic (exact) mass is 994 g/mol. The molecular weight excluding hydrogens is 939 g/mol. The van der Waals surface area contributed by atoms with Gasteiger partial charge in [0.05, 0.1) is 13.7 Å². The Kier molecular flexibility index (Phi) is 13.0. The van der Waals surface area contributed by atoms with E-state index >= 15 is 0 Å². The quantitative estimate of drug-likeness (QED) is 0.112. The van der Waals surface area contributed by atoms with Gasteiger partial charge >= 0.3 is 0 Å². The van der Waals surface area contributed by atoms with E-state index in [9.17, 15) is 5.26 Å². The number of aromatic nitrogens is 2. The number of benzene rings is 5. The summed E-state index contributed by atoms with van der Waals surface area (Å²) in [5, 5.41) is 15.6. The van der Waals surface area contributed by atoms with E-state index in [2.05, 4.69) is 145 Å². The molecule has 9 rings (SSSR count). The van der Waals surface area contributed by atoms with Crippen LogP contribution in [0.4, 0.5) is 0 Å².